The highest BCUT2D eigenvalue weighted by molar-refractivity contribution is 8.00. The number of anilines is 1. The van der Waals surface area contributed by atoms with Crippen molar-refractivity contribution in [3.63, 3.8) is 0 Å². The van der Waals surface area contributed by atoms with Gasteiger partial charge in [0.2, 0.25) is 11.7 Å². The minimum absolute atomic E-state index is 0.0810. The smallest absolute Gasteiger partial charge is 0.325 e. The number of Topliss-reactive ketones (excluding diaryl/α,β-unsaturated/α-hetero) is 1. The lowest BCUT2D eigenvalue weighted by molar-refractivity contribution is -0.145. The van der Waals surface area contributed by atoms with Gasteiger partial charge < -0.3 is 5.32 Å². The molecule has 1 heterocycles. The second-order valence-electron chi connectivity index (χ2n) is 6.25. The summed E-state index contributed by atoms with van der Waals surface area (Å²) < 4.78 is 39.4. The number of hydrogen-bond acceptors (Lipinski definition) is 5. The Morgan fingerprint density at radius 1 is 1.03 bits per heavy atom. The summed E-state index contributed by atoms with van der Waals surface area (Å²) in [5, 5.41) is 2.49. The predicted octanol–water partition coefficient (Wildman–Crippen LogP) is 4.97. The van der Waals surface area contributed by atoms with E-state index >= 15 is 0 Å². The molecule has 3 rings (SSSR count). The van der Waals surface area contributed by atoms with E-state index in [4.69, 9.17) is 0 Å². The summed E-state index contributed by atoms with van der Waals surface area (Å²) in [4.78, 5) is 31.0. The molecule has 2 aromatic carbocycles. The van der Waals surface area contributed by atoms with Crippen LogP contribution in [0.15, 0.2) is 53.6 Å². The number of amides is 1. The van der Waals surface area contributed by atoms with Gasteiger partial charge in [-0.3, -0.25) is 9.59 Å². The Balaban J connectivity index is 1.82. The number of para-hydroxylation sites is 1. The molecular formula is C20H16F3N3O2S. The van der Waals surface area contributed by atoms with Gasteiger partial charge in [-0.2, -0.15) is 13.2 Å². The first-order chi connectivity index (χ1) is 13.6. The van der Waals surface area contributed by atoms with Crippen molar-refractivity contribution in [1.29, 1.82) is 0 Å². The van der Waals surface area contributed by atoms with Crippen LogP contribution in [-0.2, 0) is 11.0 Å². The molecule has 0 aliphatic carbocycles. The molecule has 0 aliphatic rings. The molecule has 150 valence electrons. The lowest BCUT2D eigenvalue weighted by Gasteiger charge is -2.14. The summed E-state index contributed by atoms with van der Waals surface area (Å²) in [5.41, 5.74) is 1.15. The summed E-state index contributed by atoms with van der Waals surface area (Å²) in [6.07, 6.45) is -4.69. The Hall–Kier alpha value is -2.94. The summed E-state index contributed by atoms with van der Waals surface area (Å²) >= 11 is 0.921. The minimum atomic E-state index is -4.69. The van der Waals surface area contributed by atoms with E-state index in [1.807, 2.05) is 0 Å². The third-order valence-electron chi connectivity index (χ3n) is 4.04. The molecule has 1 N–H and O–H groups in total. The predicted molar refractivity (Wildman–Crippen MR) is 105 cm³/mol. The third kappa shape index (κ3) is 4.92. The number of thioether (sulfide) groups is 1. The number of alkyl halides is 3. The standard InChI is InChI=1S/C20H16F3N3O2S/c1-11(27)13-7-9-14(10-8-13)24-17(28)12(2)29-18-15-5-3-4-6-16(15)25-19(26-18)20(21,22)23/h3-10,12H,1-2H3,(H,24,28)/t12-/m1/s1. The van der Waals surface area contributed by atoms with Crippen molar-refractivity contribution in [3.05, 3.63) is 59.9 Å². The van der Waals surface area contributed by atoms with E-state index in [0.717, 1.165) is 11.8 Å². The van der Waals surface area contributed by atoms with Gasteiger partial charge in [-0.15, -0.1) is 0 Å². The number of aromatic nitrogens is 2. The van der Waals surface area contributed by atoms with Crippen LogP contribution < -0.4 is 5.32 Å². The Morgan fingerprint density at radius 2 is 1.69 bits per heavy atom. The molecule has 0 spiro atoms. The van der Waals surface area contributed by atoms with Crippen molar-refractivity contribution in [1.82, 2.24) is 9.97 Å². The number of hydrogen-bond donors (Lipinski definition) is 1. The lowest BCUT2D eigenvalue weighted by Crippen LogP contribution is -2.23. The molecule has 1 atom stereocenters. The second-order valence-corrected chi connectivity index (χ2v) is 7.58. The van der Waals surface area contributed by atoms with E-state index in [9.17, 15) is 22.8 Å². The molecule has 0 aliphatic heterocycles. The van der Waals surface area contributed by atoms with Crippen LogP contribution in [0, 0.1) is 0 Å². The molecule has 0 radical (unpaired) electrons. The van der Waals surface area contributed by atoms with E-state index in [-0.39, 0.29) is 16.3 Å². The van der Waals surface area contributed by atoms with Crippen LogP contribution in [0.2, 0.25) is 0 Å². The van der Waals surface area contributed by atoms with Gasteiger partial charge in [-0.25, -0.2) is 9.97 Å². The van der Waals surface area contributed by atoms with Crippen LogP contribution in [-0.4, -0.2) is 26.9 Å². The molecule has 0 saturated heterocycles. The zero-order valence-electron chi connectivity index (χ0n) is 15.4. The van der Waals surface area contributed by atoms with E-state index < -0.39 is 23.2 Å². The van der Waals surface area contributed by atoms with Crippen LogP contribution in [0.3, 0.4) is 0 Å². The van der Waals surface area contributed by atoms with Crippen LogP contribution in [0.1, 0.15) is 30.0 Å². The molecule has 0 saturated carbocycles. The SMILES string of the molecule is CC(=O)c1ccc(NC(=O)[C@@H](C)Sc2nc(C(F)(F)F)nc3ccccc23)cc1. The molecule has 1 amide bonds. The van der Waals surface area contributed by atoms with E-state index in [2.05, 4.69) is 15.3 Å². The summed E-state index contributed by atoms with van der Waals surface area (Å²) in [6, 6.07) is 12.7. The first-order valence-electron chi connectivity index (χ1n) is 8.57. The van der Waals surface area contributed by atoms with Gasteiger partial charge in [0.25, 0.3) is 0 Å². The highest BCUT2D eigenvalue weighted by atomic mass is 32.2. The maximum atomic E-state index is 13.1. The fourth-order valence-corrected chi connectivity index (χ4v) is 3.46. The maximum absolute atomic E-state index is 13.1. The molecule has 0 fully saturated rings. The van der Waals surface area contributed by atoms with Gasteiger partial charge in [0.1, 0.15) is 5.03 Å². The van der Waals surface area contributed by atoms with Crippen molar-refractivity contribution < 1.29 is 22.8 Å². The van der Waals surface area contributed by atoms with Gasteiger partial charge >= 0.3 is 6.18 Å². The number of carbonyl (C=O) groups is 2. The number of fused-ring (bicyclic) bond motifs is 1. The topological polar surface area (TPSA) is 72.0 Å². The normalized spacial score (nSPS) is 12.6. The average Bonchev–Trinajstić information content (AvgIpc) is 2.67. The first kappa shape index (κ1) is 20.8. The second kappa shape index (κ2) is 8.20. The Kier molecular flexibility index (Phi) is 5.88. The Morgan fingerprint density at radius 3 is 2.31 bits per heavy atom. The van der Waals surface area contributed by atoms with E-state index in [0.29, 0.717) is 16.6 Å². The van der Waals surface area contributed by atoms with Gasteiger partial charge in [-0.05, 0) is 44.2 Å². The molecule has 3 aromatic rings. The van der Waals surface area contributed by atoms with Gasteiger partial charge in [0, 0.05) is 16.6 Å². The van der Waals surface area contributed by atoms with Crippen molar-refractivity contribution in [3.8, 4) is 0 Å². The zero-order valence-corrected chi connectivity index (χ0v) is 16.3. The molecule has 0 unspecified atom stereocenters. The molecule has 0 bridgehead atoms. The minimum Gasteiger partial charge on any atom is -0.325 e. The number of carbonyl (C=O) groups excluding carboxylic acids is 2. The van der Waals surface area contributed by atoms with Crippen molar-refractivity contribution in [2.45, 2.75) is 30.3 Å². The van der Waals surface area contributed by atoms with Crippen LogP contribution in [0.25, 0.3) is 10.9 Å². The molecule has 5 nitrogen and oxygen atoms in total. The van der Waals surface area contributed by atoms with Crippen LogP contribution >= 0.6 is 11.8 Å². The quantitative estimate of drug-likeness (QED) is 0.359. The van der Waals surface area contributed by atoms with Gasteiger partial charge in [0.05, 0.1) is 10.8 Å². The monoisotopic (exact) mass is 419 g/mol. The van der Waals surface area contributed by atoms with Crippen molar-refractivity contribution in [2.75, 3.05) is 5.32 Å². The van der Waals surface area contributed by atoms with Crippen LogP contribution in [0.5, 0.6) is 0 Å². The molecule has 9 heteroatoms. The number of benzene rings is 2. The molecule has 1 aromatic heterocycles. The van der Waals surface area contributed by atoms with E-state index in [1.165, 1.54) is 13.0 Å². The van der Waals surface area contributed by atoms with E-state index in [1.54, 1.807) is 49.4 Å². The lowest BCUT2D eigenvalue weighted by atomic mass is 10.1. The molecule has 29 heavy (non-hydrogen) atoms. The summed E-state index contributed by atoms with van der Waals surface area (Å²) in [5.74, 6) is -1.74. The van der Waals surface area contributed by atoms with Gasteiger partial charge in [0.15, 0.2) is 5.78 Å². The van der Waals surface area contributed by atoms with Crippen molar-refractivity contribution in [2.24, 2.45) is 0 Å². The fourth-order valence-electron chi connectivity index (χ4n) is 2.52. The largest absolute Gasteiger partial charge is 0.451 e. The highest BCUT2D eigenvalue weighted by Gasteiger charge is 2.35. The Bertz CT molecular complexity index is 1070. The number of nitrogens with one attached hydrogen (secondary N) is 1. The highest BCUT2D eigenvalue weighted by Crippen LogP contribution is 2.33. The van der Waals surface area contributed by atoms with Gasteiger partial charge in [-0.1, -0.05) is 30.0 Å². The van der Waals surface area contributed by atoms with Crippen molar-refractivity contribution >= 4 is 40.0 Å². The number of ketones is 1. The van der Waals surface area contributed by atoms with Crippen LogP contribution in [0.4, 0.5) is 18.9 Å². The number of halogens is 3. The first-order valence-corrected chi connectivity index (χ1v) is 9.45. The molecular weight excluding hydrogens is 403 g/mol. The summed E-state index contributed by atoms with van der Waals surface area (Å²) in [7, 11) is 0. The maximum Gasteiger partial charge on any atom is 0.451 e. The number of nitrogens with zero attached hydrogens (tertiary/aromatic N) is 2. The Labute approximate surface area is 168 Å². The fraction of sp³-hybridized carbons (Fsp3) is 0.200. The summed E-state index contributed by atoms with van der Waals surface area (Å²) in [6.45, 7) is 3.02. The number of rotatable bonds is 5. The zero-order chi connectivity index (χ0) is 21.2. The third-order valence-corrected chi connectivity index (χ3v) is 5.14. The average molecular weight is 419 g/mol.